The fraction of sp³-hybridized carbons (Fsp3) is 0.476. The lowest BCUT2D eigenvalue weighted by Crippen LogP contribution is -2.39. The van der Waals surface area contributed by atoms with Crippen LogP contribution >= 0.6 is 22.0 Å². The fourth-order valence-corrected chi connectivity index (χ4v) is 8.98. The molecule has 0 fully saturated rings. The third-order valence-corrected chi connectivity index (χ3v) is 12.6. The van der Waals surface area contributed by atoms with Crippen molar-refractivity contribution in [2.45, 2.75) is 104 Å². The molecule has 284 valence electrons. The average Bonchev–Trinajstić information content (AvgIpc) is 3.54. The second-order valence-electron chi connectivity index (χ2n) is 15.2. The van der Waals surface area contributed by atoms with Gasteiger partial charge in [-0.15, -0.1) is 0 Å². The molecule has 0 spiro atoms. The molecule has 11 heteroatoms. The fourth-order valence-electron chi connectivity index (χ4n) is 6.60. The number of ether oxygens (including phenoxy) is 1. The maximum atomic E-state index is 15.1. The van der Waals surface area contributed by atoms with Gasteiger partial charge in [0, 0.05) is 30.5 Å². The van der Waals surface area contributed by atoms with Crippen molar-refractivity contribution in [3.05, 3.63) is 72.0 Å². The number of thiazole rings is 1. The molecule has 0 amide bonds. The van der Waals surface area contributed by atoms with Crippen LogP contribution in [0, 0.1) is 28.0 Å². The number of pyridine rings is 1. The highest BCUT2D eigenvalue weighted by atomic mass is 32.2. The molecule has 3 heterocycles. The summed E-state index contributed by atoms with van der Waals surface area (Å²) in [5.41, 5.74) is 2.04. The molecule has 0 saturated heterocycles. The number of benzene rings is 2. The van der Waals surface area contributed by atoms with Gasteiger partial charge in [-0.05, 0) is 89.5 Å². The van der Waals surface area contributed by atoms with E-state index in [-0.39, 0.29) is 11.2 Å². The zero-order valence-electron chi connectivity index (χ0n) is 31.8. The van der Waals surface area contributed by atoms with E-state index < -0.39 is 34.4 Å². The van der Waals surface area contributed by atoms with Crippen molar-refractivity contribution >= 4 is 38.3 Å². The lowest BCUT2D eigenvalue weighted by Gasteiger charge is -2.35. The molecule has 1 N–H and O–H groups in total. The monoisotopic (exact) mass is 763 g/mol. The Hall–Kier alpha value is -3.88. The number of alkyl halides is 2. The zero-order valence-corrected chi connectivity index (χ0v) is 33.4. The molecule has 5 rings (SSSR count). The Bertz CT molecular complexity index is 1930. The van der Waals surface area contributed by atoms with Crippen LogP contribution < -0.4 is 14.4 Å². The highest BCUT2D eigenvalue weighted by Crippen LogP contribution is 2.44. The highest BCUT2D eigenvalue weighted by molar-refractivity contribution is 8.16. The van der Waals surface area contributed by atoms with Crippen LogP contribution in [-0.2, 0) is 6.42 Å². The van der Waals surface area contributed by atoms with Crippen molar-refractivity contribution in [2.75, 3.05) is 29.3 Å². The number of nitrogens with zero attached hydrogens (tertiary/aromatic N) is 4. The standard InChI is InChI=1S/C42H52F3N5OS2/c1-7-23-41(6,24-25-46)28-50-26-14-10-9-11-16-30-17-12-13-18-32(30)37-38(52-39(48-37)49-53(8-2)36-20-15-19-35(50)47-36)31-21-22-33(43)34(27-31)51-29-42(44,45)40(3,4)5/h8,12-13,15,17-22,27H,7,9-11,14,16,23-24,26,28-29H2,1-6H3,(H,48,49)/t41-,53?/m1/s1. The number of aromatic nitrogens is 2. The first-order valence-electron chi connectivity index (χ1n) is 18.6. The van der Waals surface area contributed by atoms with E-state index in [4.69, 9.17) is 14.7 Å². The molecule has 2 aromatic carbocycles. The second-order valence-corrected chi connectivity index (χ2v) is 18.0. The van der Waals surface area contributed by atoms with Gasteiger partial charge in [-0.1, -0.05) is 102 Å². The summed E-state index contributed by atoms with van der Waals surface area (Å²) in [6.07, 6.45) is 7.47. The molecule has 1 aliphatic heterocycles. The predicted octanol–water partition coefficient (Wildman–Crippen LogP) is 12.2. The van der Waals surface area contributed by atoms with E-state index in [0.717, 1.165) is 85.0 Å². The summed E-state index contributed by atoms with van der Waals surface area (Å²) in [5, 5.41) is 13.3. The number of aryl methyl sites for hydroxylation is 1. The Kier molecular flexibility index (Phi) is 13.3. The number of anilines is 2. The van der Waals surface area contributed by atoms with Crippen LogP contribution in [0.25, 0.3) is 21.7 Å². The minimum absolute atomic E-state index is 0.146. The van der Waals surface area contributed by atoms with E-state index in [1.165, 1.54) is 49.8 Å². The van der Waals surface area contributed by atoms with E-state index in [0.29, 0.717) is 17.1 Å². The van der Waals surface area contributed by atoms with E-state index in [2.05, 4.69) is 53.1 Å². The first-order valence-corrected chi connectivity index (χ1v) is 20.7. The number of nitrogens with one attached hydrogen (secondary N) is 1. The minimum Gasteiger partial charge on any atom is -0.484 e. The van der Waals surface area contributed by atoms with Crippen LogP contribution in [0.5, 0.6) is 5.75 Å². The lowest BCUT2D eigenvalue weighted by molar-refractivity contribution is -0.123. The van der Waals surface area contributed by atoms with Crippen molar-refractivity contribution in [3.8, 4) is 33.5 Å². The number of rotatable bonds is 9. The van der Waals surface area contributed by atoms with Gasteiger partial charge in [0.2, 0.25) is 0 Å². The quantitative estimate of drug-likeness (QED) is 0.171. The van der Waals surface area contributed by atoms with E-state index in [9.17, 15) is 14.0 Å². The van der Waals surface area contributed by atoms with Crippen LogP contribution in [0.4, 0.5) is 24.1 Å². The van der Waals surface area contributed by atoms with Gasteiger partial charge in [-0.2, -0.15) is 5.26 Å². The summed E-state index contributed by atoms with van der Waals surface area (Å²) < 4.78 is 53.9. The van der Waals surface area contributed by atoms with Gasteiger partial charge in [0.05, 0.1) is 16.6 Å². The molecular formula is C42H52F3N5OS2. The van der Waals surface area contributed by atoms with Crippen LogP contribution in [0.1, 0.15) is 92.1 Å². The van der Waals surface area contributed by atoms with Crippen molar-refractivity contribution < 1.29 is 17.9 Å². The molecule has 0 radical (unpaired) electrons. The molecule has 4 bridgehead atoms. The molecule has 2 atom stereocenters. The van der Waals surface area contributed by atoms with Crippen molar-refractivity contribution in [1.29, 1.82) is 5.26 Å². The smallest absolute Gasteiger partial charge is 0.286 e. The number of nitriles is 1. The number of hydrogen-bond acceptors (Lipinski definition) is 7. The van der Waals surface area contributed by atoms with Crippen molar-refractivity contribution in [2.24, 2.45) is 10.8 Å². The maximum absolute atomic E-state index is 15.1. The normalized spacial score (nSPS) is 16.9. The third-order valence-electron chi connectivity index (χ3n) is 9.85. The average molecular weight is 764 g/mol. The van der Waals surface area contributed by atoms with Crippen molar-refractivity contribution in [1.82, 2.24) is 9.97 Å². The first-order chi connectivity index (χ1) is 25.3. The molecular weight excluding hydrogens is 712 g/mol. The Morgan fingerprint density at radius 1 is 1.02 bits per heavy atom. The van der Waals surface area contributed by atoms with Crippen LogP contribution in [-0.4, -0.2) is 41.0 Å². The molecule has 1 unspecified atom stereocenters. The minimum atomic E-state index is -3.16. The molecule has 6 nitrogen and oxygen atoms in total. The second kappa shape index (κ2) is 17.5. The first kappa shape index (κ1) is 40.3. The summed E-state index contributed by atoms with van der Waals surface area (Å²) in [6, 6.07) is 21.2. The van der Waals surface area contributed by atoms with Crippen LogP contribution in [0.2, 0.25) is 0 Å². The Balaban J connectivity index is 1.57. The maximum Gasteiger partial charge on any atom is 0.286 e. The molecule has 53 heavy (non-hydrogen) atoms. The molecule has 4 aromatic rings. The highest BCUT2D eigenvalue weighted by Gasteiger charge is 2.44. The lowest BCUT2D eigenvalue weighted by atomic mass is 9.82. The zero-order chi connectivity index (χ0) is 38.2. The van der Waals surface area contributed by atoms with E-state index >= 15 is 4.39 Å². The van der Waals surface area contributed by atoms with Gasteiger partial charge in [0.1, 0.15) is 10.8 Å². The summed E-state index contributed by atoms with van der Waals surface area (Å²) in [6.45, 7) is 11.4. The van der Waals surface area contributed by atoms with Gasteiger partial charge >= 0.3 is 0 Å². The number of halogens is 3. The molecule has 0 saturated carbocycles. The van der Waals surface area contributed by atoms with Gasteiger partial charge in [0.15, 0.2) is 23.3 Å². The Labute approximate surface area is 319 Å². The van der Waals surface area contributed by atoms with Gasteiger partial charge in [-0.25, -0.2) is 23.1 Å². The van der Waals surface area contributed by atoms with Gasteiger partial charge < -0.3 is 14.4 Å². The third kappa shape index (κ3) is 10.0. The van der Waals surface area contributed by atoms with Crippen LogP contribution in [0.3, 0.4) is 0 Å². The SMILES string of the molecule is C/C=S1/Nc2nc(c(-c3ccc(F)c(OCC(F)(F)C(C)(C)C)c3)s2)-c2ccccc2CCCCCCN(C[C@@](C)(CC#N)CCC)c2cccc1n2. The van der Waals surface area contributed by atoms with Crippen LogP contribution in [0.15, 0.2) is 65.7 Å². The van der Waals surface area contributed by atoms with E-state index in [1.54, 1.807) is 6.07 Å². The summed E-state index contributed by atoms with van der Waals surface area (Å²) in [7, 11) is -0.626. The Morgan fingerprint density at radius 3 is 2.53 bits per heavy atom. The molecule has 1 aliphatic rings. The van der Waals surface area contributed by atoms with E-state index in [1.807, 2.05) is 31.2 Å². The van der Waals surface area contributed by atoms with Gasteiger partial charge in [-0.3, -0.25) is 0 Å². The predicted molar refractivity (Wildman–Crippen MR) is 216 cm³/mol. The number of fused-ring (bicyclic) bond motifs is 6. The Morgan fingerprint density at radius 2 is 1.79 bits per heavy atom. The number of hydrogen-bond donors (Lipinski definition) is 1. The van der Waals surface area contributed by atoms with Crippen molar-refractivity contribution in [3.63, 3.8) is 0 Å². The summed E-state index contributed by atoms with van der Waals surface area (Å²) >= 11 is 1.44. The largest absolute Gasteiger partial charge is 0.484 e. The summed E-state index contributed by atoms with van der Waals surface area (Å²) in [5.74, 6) is -3.19. The molecule has 0 aliphatic carbocycles. The molecule has 2 aromatic heterocycles. The van der Waals surface area contributed by atoms with Gasteiger partial charge in [0.25, 0.3) is 5.92 Å². The topological polar surface area (TPSA) is 74.1 Å². The summed E-state index contributed by atoms with van der Waals surface area (Å²) in [4.78, 5) is 13.5.